The molecule has 3 atom stereocenters. The van der Waals surface area contributed by atoms with Crippen LogP contribution in [0.3, 0.4) is 0 Å². The van der Waals surface area contributed by atoms with E-state index in [1.807, 2.05) is 0 Å². The molecule has 1 heteroatoms. The fourth-order valence-electron chi connectivity index (χ4n) is 3.13. The highest BCUT2D eigenvalue weighted by molar-refractivity contribution is 5.41. The highest BCUT2D eigenvalue weighted by atomic mass is 16.6. The van der Waals surface area contributed by atoms with E-state index in [0.717, 1.165) is 5.92 Å². The molecule has 0 N–H and O–H groups in total. The Labute approximate surface area is 67.4 Å². The average molecular weight is 150 g/mol. The lowest BCUT2D eigenvalue weighted by Crippen LogP contribution is -2.57. The van der Waals surface area contributed by atoms with Gasteiger partial charge in [0, 0.05) is 5.41 Å². The number of rotatable bonds is 0. The monoisotopic (exact) mass is 150 g/mol. The van der Waals surface area contributed by atoms with Crippen LogP contribution >= 0.6 is 0 Å². The van der Waals surface area contributed by atoms with Gasteiger partial charge in [-0.15, -0.1) is 0 Å². The van der Waals surface area contributed by atoms with E-state index in [9.17, 15) is 0 Å². The van der Waals surface area contributed by atoms with Gasteiger partial charge in [-0.1, -0.05) is 26.0 Å². The molecular weight excluding hydrogens is 136 g/mol. The van der Waals surface area contributed by atoms with Gasteiger partial charge in [0.05, 0.1) is 0 Å². The van der Waals surface area contributed by atoms with E-state index in [4.69, 9.17) is 4.74 Å². The maximum atomic E-state index is 5.85. The minimum atomic E-state index is 0.102. The number of allylic oxidation sites excluding steroid dienone is 1. The maximum Gasteiger partial charge on any atom is 0.114 e. The first-order chi connectivity index (χ1) is 5.02. The van der Waals surface area contributed by atoms with Gasteiger partial charge in [0.2, 0.25) is 0 Å². The summed E-state index contributed by atoms with van der Waals surface area (Å²) in [5.41, 5.74) is 0.737. The summed E-state index contributed by atoms with van der Waals surface area (Å²) in [7, 11) is 0. The summed E-state index contributed by atoms with van der Waals surface area (Å²) in [6, 6.07) is 0. The Morgan fingerprint density at radius 2 is 2.09 bits per heavy atom. The van der Waals surface area contributed by atoms with Crippen molar-refractivity contribution in [2.75, 3.05) is 0 Å². The normalized spacial score (nSPS) is 61.5. The zero-order valence-corrected chi connectivity index (χ0v) is 7.35. The molecule has 3 unspecified atom stereocenters. The van der Waals surface area contributed by atoms with Gasteiger partial charge in [0.15, 0.2) is 0 Å². The van der Waals surface area contributed by atoms with Gasteiger partial charge >= 0.3 is 0 Å². The molecule has 0 aromatic carbocycles. The molecule has 2 fully saturated rings. The highest BCUT2D eigenvalue weighted by Crippen LogP contribution is 2.75. The quantitative estimate of drug-likeness (QED) is 0.380. The first-order valence-corrected chi connectivity index (χ1v) is 4.41. The zero-order chi connectivity index (χ0) is 7.91. The number of hydrogen-bond acceptors (Lipinski definition) is 1. The highest BCUT2D eigenvalue weighted by Gasteiger charge is 2.81. The van der Waals surface area contributed by atoms with Gasteiger partial charge in [-0.05, 0) is 19.3 Å². The second-order valence-electron chi connectivity index (χ2n) is 4.93. The van der Waals surface area contributed by atoms with E-state index in [-0.39, 0.29) is 11.2 Å². The molecule has 4 rings (SSSR count). The summed E-state index contributed by atoms with van der Waals surface area (Å²) >= 11 is 0. The van der Waals surface area contributed by atoms with Gasteiger partial charge in [-0.3, -0.25) is 0 Å². The first-order valence-electron chi connectivity index (χ1n) is 4.41. The van der Waals surface area contributed by atoms with Crippen LogP contribution in [0.15, 0.2) is 12.2 Å². The van der Waals surface area contributed by atoms with Crippen LogP contribution in [-0.2, 0) is 4.74 Å². The molecule has 2 bridgehead atoms. The van der Waals surface area contributed by atoms with Crippen LogP contribution in [0.2, 0.25) is 0 Å². The molecule has 0 aromatic rings. The molecule has 0 aromatic heterocycles. The summed E-state index contributed by atoms with van der Waals surface area (Å²) in [4.78, 5) is 0. The molecule has 0 radical (unpaired) electrons. The number of ether oxygens (including phenoxy) is 1. The summed E-state index contributed by atoms with van der Waals surface area (Å²) in [5, 5.41) is 0. The number of epoxide rings is 1. The van der Waals surface area contributed by atoms with Gasteiger partial charge in [-0.25, -0.2) is 0 Å². The van der Waals surface area contributed by atoms with Crippen molar-refractivity contribution in [3.63, 3.8) is 0 Å². The third kappa shape index (κ3) is 0.384. The van der Waals surface area contributed by atoms with Crippen LogP contribution in [-0.4, -0.2) is 11.2 Å². The Balaban J connectivity index is 2.16. The molecule has 1 nitrogen and oxygen atoms in total. The van der Waals surface area contributed by atoms with Crippen LogP contribution in [0.5, 0.6) is 0 Å². The van der Waals surface area contributed by atoms with E-state index < -0.39 is 0 Å². The third-order valence-electron chi connectivity index (χ3n) is 4.27. The third-order valence-corrected chi connectivity index (χ3v) is 4.27. The predicted octanol–water partition coefficient (Wildman–Crippen LogP) is 2.13. The van der Waals surface area contributed by atoms with E-state index in [2.05, 4.69) is 32.9 Å². The molecule has 3 aliphatic carbocycles. The molecule has 60 valence electrons. The molecule has 1 heterocycles. The second-order valence-corrected chi connectivity index (χ2v) is 4.93. The lowest BCUT2D eigenvalue weighted by atomic mass is 9.48. The Bertz CT molecular complexity index is 262. The topological polar surface area (TPSA) is 12.5 Å². The van der Waals surface area contributed by atoms with Crippen molar-refractivity contribution in [3.05, 3.63) is 12.2 Å². The van der Waals surface area contributed by atoms with Crippen LogP contribution in [0.1, 0.15) is 27.2 Å². The van der Waals surface area contributed by atoms with Crippen molar-refractivity contribution < 1.29 is 4.74 Å². The predicted molar refractivity (Wildman–Crippen MR) is 43.2 cm³/mol. The van der Waals surface area contributed by atoms with Crippen molar-refractivity contribution in [3.8, 4) is 0 Å². The average Bonchev–Trinajstić information content (AvgIpc) is 2.57. The van der Waals surface area contributed by atoms with E-state index in [1.165, 1.54) is 6.42 Å². The van der Waals surface area contributed by atoms with Gasteiger partial charge in [0.1, 0.15) is 11.2 Å². The molecule has 1 saturated carbocycles. The molecule has 4 aliphatic rings. The number of hydrogen-bond donors (Lipinski definition) is 0. The first kappa shape index (κ1) is 6.24. The molecule has 1 saturated heterocycles. The van der Waals surface area contributed by atoms with Crippen LogP contribution in [0.4, 0.5) is 0 Å². The lowest BCUT2D eigenvalue weighted by Gasteiger charge is -2.53. The molecule has 11 heavy (non-hydrogen) atoms. The van der Waals surface area contributed by atoms with Gasteiger partial charge in [-0.2, -0.15) is 0 Å². The SMILES string of the molecule is CC12C=CC3CC1(O2)C3(C)C. The van der Waals surface area contributed by atoms with Gasteiger partial charge in [0.25, 0.3) is 0 Å². The molecule has 1 aliphatic heterocycles. The minimum Gasteiger partial charge on any atom is -0.358 e. The van der Waals surface area contributed by atoms with Crippen molar-refractivity contribution in [2.24, 2.45) is 11.3 Å². The Hall–Kier alpha value is -0.300. The molecular formula is C10H14O. The Kier molecular flexibility index (Phi) is 0.683. The van der Waals surface area contributed by atoms with Crippen molar-refractivity contribution in [1.82, 2.24) is 0 Å². The van der Waals surface area contributed by atoms with E-state index in [1.54, 1.807) is 0 Å². The summed E-state index contributed by atoms with van der Waals surface area (Å²) in [6.07, 6.45) is 5.86. The Morgan fingerprint density at radius 1 is 1.36 bits per heavy atom. The fraction of sp³-hybridized carbons (Fsp3) is 0.800. The smallest absolute Gasteiger partial charge is 0.114 e. The van der Waals surface area contributed by atoms with Crippen molar-refractivity contribution >= 4 is 0 Å². The Morgan fingerprint density at radius 3 is 2.55 bits per heavy atom. The standard InChI is InChI=1S/C10H14O/c1-8(2)7-4-5-9(3)10(8,6-7)11-9/h4-5,7H,6H2,1-3H3. The molecule has 0 amide bonds. The largest absolute Gasteiger partial charge is 0.358 e. The van der Waals surface area contributed by atoms with E-state index >= 15 is 0 Å². The van der Waals surface area contributed by atoms with Crippen molar-refractivity contribution in [1.29, 1.82) is 0 Å². The lowest BCUT2D eigenvalue weighted by molar-refractivity contribution is -0.0253. The fourth-order valence-corrected chi connectivity index (χ4v) is 3.13. The maximum absolute atomic E-state index is 5.85. The van der Waals surface area contributed by atoms with Crippen molar-refractivity contribution in [2.45, 2.75) is 38.4 Å². The minimum absolute atomic E-state index is 0.102. The molecule has 1 spiro atoms. The van der Waals surface area contributed by atoms with Gasteiger partial charge < -0.3 is 4.74 Å². The van der Waals surface area contributed by atoms with Crippen LogP contribution in [0, 0.1) is 11.3 Å². The van der Waals surface area contributed by atoms with Crippen LogP contribution < -0.4 is 0 Å². The zero-order valence-electron chi connectivity index (χ0n) is 7.35. The second kappa shape index (κ2) is 1.20. The van der Waals surface area contributed by atoms with E-state index in [0.29, 0.717) is 5.41 Å². The summed E-state index contributed by atoms with van der Waals surface area (Å²) in [5.74, 6) is 0.776. The van der Waals surface area contributed by atoms with Crippen LogP contribution in [0.25, 0.3) is 0 Å². The summed E-state index contributed by atoms with van der Waals surface area (Å²) < 4.78 is 5.85. The summed E-state index contributed by atoms with van der Waals surface area (Å²) in [6.45, 7) is 6.87.